The number of rotatable bonds is 2. The Hall–Kier alpha value is -1.46. The number of carbonyl (C=O) groups excluding carboxylic acids is 1. The van der Waals surface area contributed by atoms with Crippen molar-refractivity contribution < 1.29 is 9.18 Å². The van der Waals surface area contributed by atoms with Crippen molar-refractivity contribution in [1.29, 1.82) is 0 Å². The lowest BCUT2D eigenvalue weighted by Gasteiger charge is -2.05. The third kappa shape index (κ3) is 3.05. The zero-order valence-electron chi connectivity index (χ0n) is 8.95. The van der Waals surface area contributed by atoms with E-state index in [1.165, 1.54) is 24.4 Å². The summed E-state index contributed by atoms with van der Waals surface area (Å²) in [6.45, 7) is 0. The van der Waals surface area contributed by atoms with Crippen molar-refractivity contribution in [3.05, 3.63) is 57.5 Å². The number of amides is 1. The summed E-state index contributed by atoms with van der Waals surface area (Å²) in [5.41, 5.74) is 0.721. The highest BCUT2D eigenvalue weighted by atomic mass is 79.9. The highest BCUT2D eigenvalue weighted by molar-refractivity contribution is 9.10. The highest BCUT2D eigenvalue weighted by Crippen LogP contribution is 2.19. The molecule has 0 unspecified atom stereocenters. The molecule has 3 nitrogen and oxygen atoms in total. The van der Waals surface area contributed by atoms with Gasteiger partial charge in [0.2, 0.25) is 0 Å². The molecule has 1 aromatic heterocycles. The minimum Gasteiger partial charge on any atom is -0.322 e. The van der Waals surface area contributed by atoms with Crippen molar-refractivity contribution in [2.75, 3.05) is 5.32 Å². The fourth-order valence-electron chi connectivity index (χ4n) is 1.29. The monoisotopic (exact) mass is 328 g/mol. The molecule has 0 bridgehead atoms. The number of nitrogens with one attached hydrogen (secondary N) is 1. The summed E-state index contributed by atoms with van der Waals surface area (Å²) in [5, 5.41) is 2.87. The van der Waals surface area contributed by atoms with Crippen molar-refractivity contribution in [2.45, 2.75) is 0 Å². The topological polar surface area (TPSA) is 42.0 Å². The first kappa shape index (κ1) is 13.0. The van der Waals surface area contributed by atoms with Gasteiger partial charge in [0.1, 0.15) is 11.0 Å². The van der Waals surface area contributed by atoms with Crippen LogP contribution in [-0.4, -0.2) is 10.9 Å². The van der Waals surface area contributed by atoms with Crippen LogP contribution in [0.15, 0.2) is 41.0 Å². The van der Waals surface area contributed by atoms with Gasteiger partial charge < -0.3 is 5.32 Å². The smallest absolute Gasteiger partial charge is 0.257 e. The first-order valence-electron chi connectivity index (χ1n) is 4.94. The molecular weight excluding hydrogens is 322 g/mol. The molecule has 92 valence electrons. The summed E-state index contributed by atoms with van der Waals surface area (Å²) in [7, 11) is 0. The molecule has 2 rings (SSSR count). The van der Waals surface area contributed by atoms with Crippen molar-refractivity contribution in [1.82, 2.24) is 4.98 Å². The third-order valence-corrected chi connectivity index (χ3v) is 3.03. The second-order valence-electron chi connectivity index (χ2n) is 3.45. The second-order valence-corrected chi connectivity index (χ2v) is 4.69. The Morgan fingerprint density at radius 1 is 1.33 bits per heavy atom. The van der Waals surface area contributed by atoms with Crippen LogP contribution in [0.25, 0.3) is 0 Å². The van der Waals surface area contributed by atoms with Gasteiger partial charge in [0.25, 0.3) is 5.91 Å². The zero-order valence-corrected chi connectivity index (χ0v) is 11.3. The molecule has 0 saturated heterocycles. The van der Waals surface area contributed by atoms with Gasteiger partial charge in [-0.1, -0.05) is 11.6 Å². The van der Waals surface area contributed by atoms with Gasteiger partial charge in [-0.3, -0.25) is 4.79 Å². The van der Waals surface area contributed by atoms with E-state index in [-0.39, 0.29) is 5.91 Å². The summed E-state index contributed by atoms with van der Waals surface area (Å²) < 4.78 is 13.6. The Morgan fingerprint density at radius 3 is 2.72 bits per heavy atom. The van der Waals surface area contributed by atoms with Crippen molar-refractivity contribution in [3.63, 3.8) is 0 Å². The van der Waals surface area contributed by atoms with Gasteiger partial charge >= 0.3 is 0 Å². The van der Waals surface area contributed by atoms with E-state index < -0.39 is 5.82 Å². The van der Waals surface area contributed by atoms with Gasteiger partial charge in [0, 0.05) is 11.9 Å². The van der Waals surface area contributed by atoms with E-state index in [2.05, 4.69) is 26.2 Å². The summed E-state index contributed by atoms with van der Waals surface area (Å²) in [5.74, 6) is -0.817. The summed E-state index contributed by atoms with van der Waals surface area (Å²) >= 11 is 8.65. The van der Waals surface area contributed by atoms with Gasteiger partial charge in [0.05, 0.1) is 10.0 Å². The summed E-state index contributed by atoms with van der Waals surface area (Å²) in [4.78, 5) is 15.6. The molecule has 0 spiro atoms. The maximum atomic E-state index is 13.3. The Bertz CT molecular complexity index is 589. The molecule has 0 atom stereocenters. The quantitative estimate of drug-likeness (QED) is 0.849. The predicted molar refractivity (Wildman–Crippen MR) is 71.3 cm³/mol. The van der Waals surface area contributed by atoms with Crippen LogP contribution < -0.4 is 5.32 Å². The van der Waals surface area contributed by atoms with Crippen molar-refractivity contribution >= 4 is 39.1 Å². The van der Waals surface area contributed by atoms with Crippen LogP contribution in [0.3, 0.4) is 0 Å². The molecule has 0 saturated carbocycles. The van der Waals surface area contributed by atoms with E-state index in [0.717, 1.165) is 0 Å². The standard InChI is InChI=1S/C12H7BrClFN2O/c13-9-3-2-8(5-10(9)15)17-12(18)7-1-4-11(14)16-6-7/h1-6H,(H,17,18). The fraction of sp³-hybridized carbons (Fsp3) is 0. The number of hydrogen-bond donors (Lipinski definition) is 1. The predicted octanol–water partition coefficient (Wildman–Crippen LogP) is 3.89. The van der Waals surface area contributed by atoms with E-state index in [4.69, 9.17) is 11.6 Å². The lowest BCUT2D eigenvalue weighted by Crippen LogP contribution is -2.12. The number of halogens is 3. The largest absolute Gasteiger partial charge is 0.322 e. The van der Waals surface area contributed by atoms with E-state index >= 15 is 0 Å². The molecule has 0 fully saturated rings. The van der Waals surface area contributed by atoms with Gasteiger partial charge in [0.15, 0.2) is 0 Å². The normalized spacial score (nSPS) is 10.2. The Morgan fingerprint density at radius 2 is 2.11 bits per heavy atom. The fourth-order valence-corrected chi connectivity index (χ4v) is 1.65. The molecule has 2 aromatic rings. The molecule has 0 aliphatic heterocycles. The maximum absolute atomic E-state index is 13.3. The number of carbonyl (C=O) groups is 1. The minimum absolute atomic E-state index is 0.307. The third-order valence-electron chi connectivity index (χ3n) is 2.17. The average Bonchev–Trinajstić information content (AvgIpc) is 2.34. The van der Waals surface area contributed by atoms with Crippen LogP contribution in [0.5, 0.6) is 0 Å². The second kappa shape index (κ2) is 5.46. The Balaban J connectivity index is 2.16. The Kier molecular flexibility index (Phi) is 3.93. The van der Waals surface area contributed by atoms with Gasteiger partial charge in [-0.15, -0.1) is 0 Å². The van der Waals surface area contributed by atoms with E-state index in [1.54, 1.807) is 12.1 Å². The van der Waals surface area contributed by atoms with Crippen LogP contribution >= 0.6 is 27.5 Å². The maximum Gasteiger partial charge on any atom is 0.257 e. The first-order chi connectivity index (χ1) is 8.56. The lowest BCUT2D eigenvalue weighted by atomic mass is 10.2. The molecule has 18 heavy (non-hydrogen) atoms. The van der Waals surface area contributed by atoms with Gasteiger partial charge in [-0.25, -0.2) is 9.37 Å². The number of benzene rings is 1. The molecule has 0 aliphatic rings. The van der Waals surface area contributed by atoms with Crippen LogP contribution in [-0.2, 0) is 0 Å². The number of nitrogens with zero attached hydrogens (tertiary/aromatic N) is 1. The van der Waals surface area contributed by atoms with Crippen LogP contribution in [0.4, 0.5) is 10.1 Å². The molecule has 1 heterocycles. The molecule has 6 heteroatoms. The highest BCUT2D eigenvalue weighted by Gasteiger charge is 2.08. The van der Waals surface area contributed by atoms with Crippen LogP contribution in [0, 0.1) is 5.82 Å². The number of anilines is 1. The number of hydrogen-bond acceptors (Lipinski definition) is 2. The van der Waals surface area contributed by atoms with Gasteiger partial charge in [-0.05, 0) is 46.3 Å². The number of pyridine rings is 1. The first-order valence-corrected chi connectivity index (χ1v) is 6.11. The molecular formula is C12H7BrClFN2O. The van der Waals surface area contributed by atoms with E-state index in [9.17, 15) is 9.18 Å². The Labute approximate surface area is 116 Å². The molecule has 1 amide bonds. The molecule has 0 aliphatic carbocycles. The van der Waals surface area contributed by atoms with Crippen molar-refractivity contribution in [2.24, 2.45) is 0 Å². The lowest BCUT2D eigenvalue weighted by molar-refractivity contribution is 0.102. The zero-order chi connectivity index (χ0) is 13.1. The van der Waals surface area contributed by atoms with Gasteiger partial charge in [-0.2, -0.15) is 0 Å². The molecule has 1 N–H and O–H groups in total. The van der Waals surface area contributed by atoms with Crippen LogP contribution in [0.2, 0.25) is 5.15 Å². The van der Waals surface area contributed by atoms with E-state index in [0.29, 0.717) is 20.9 Å². The minimum atomic E-state index is -0.443. The SMILES string of the molecule is O=C(Nc1ccc(Br)c(F)c1)c1ccc(Cl)nc1. The average molecular weight is 330 g/mol. The summed E-state index contributed by atoms with van der Waals surface area (Å²) in [6.07, 6.45) is 1.35. The van der Waals surface area contributed by atoms with E-state index in [1.807, 2.05) is 0 Å². The number of aromatic nitrogens is 1. The van der Waals surface area contributed by atoms with Crippen molar-refractivity contribution in [3.8, 4) is 0 Å². The summed E-state index contributed by atoms with van der Waals surface area (Å²) in [6, 6.07) is 7.39. The van der Waals surface area contributed by atoms with Crippen LogP contribution in [0.1, 0.15) is 10.4 Å². The molecule has 0 radical (unpaired) electrons. The molecule has 1 aromatic carbocycles.